The first kappa shape index (κ1) is 12.6. The van der Waals surface area contributed by atoms with Gasteiger partial charge in [0.15, 0.2) is 6.10 Å². The van der Waals surface area contributed by atoms with Crippen LogP contribution in [0.15, 0.2) is 34.7 Å². The van der Waals surface area contributed by atoms with Crippen molar-refractivity contribution in [3.05, 3.63) is 53.2 Å². The molecule has 0 bridgehead atoms. The normalized spacial score (nSPS) is 12.4. The Labute approximate surface area is 105 Å². The second-order valence-electron chi connectivity index (χ2n) is 4.20. The van der Waals surface area contributed by atoms with Crippen LogP contribution >= 0.6 is 0 Å². The number of ether oxygens (including phenoxy) is 1. The Balaban J connectivity index is 2.20. The minimum atomic E-state index is -0.358. The van der Waals surface area contributed by atoms with Crippen molar-refractivity contribution in [1.29, 1.82) is 0 Å². The van der Waals surface area contributed by atoms with Crippen LogP contribution in [0.5, 0.6) is 5.75 Å². The van der Waals surface area contributed by atoms with E-state index < -0.39 is 0 Å². The minimum Gasteiger partial charge on any atom is -0.481 e. The lowest BCUT2D eigenvalue weighted by Gasteiger charge is -2.16. The Morgan fingerprint density at radius 3 is 2.61 bits per heavy atom. The number of furan rings is 1. The van der Waals surface area contributed by atoms with E-state index in [-0.39, 0.29) is 11.9 Å². The van der Waals surface area contributed by atoms with E-state index in [1.54, 1.807) is 13.0 Å². The van der Waals surface area contributed by atoms with E-state index in [0.29, 0.717) is 18.1 Å². The Bertz CT molecular complexity index is 536. The quantitative estimate of drug-likeness (QED) is 0.905. The smallest absolute Gasteiger partial charge is 0.168 e. The molecule has 0 saturated heterocycles. The lowest BCUT2D eigenvalue weighted by atomic mass is 10.2. The Morgan fingerprint density at radius 2 is 2.06 bits per heavy atom. The van der Waals surface area contributed by atoms with Gasteiger partial charge in [0.25, 0.3) is 0 Å². The molecule has 1 heterocycles. The molecule has 0 fully saturated rings. The average molecular weight is 249 g/mol. The van der Waals surface area contributed by atoms with Gasteiger partial charge < -0.3 is 14.9 Å². The molecule has 1 aromatic heterocycles. The lowest BCUT2D eigenvalue weighted by molar-refractivity contribution is 0.181. The van der Waals surface area contributed by atoms with Gasteiger partial charge in [-0.3, -0.25) is 0 Å². The summed E-state index contributed by atoms with van der Waals surface area (Å²) in [7, 11) is 0. The summed E-state index contributed by atoms with van der Waals surface area (Å²) in [4.78, 5) is 0. The number of hydrogen-bond donors (Lipinski definition) is 1. The standard InChI is InChI=1S/C14H16FNO2/c1-9-7-11(15)4-6-12(9)18-14(8-16)13-5-3-10(2)17-13/h3-7,14H,8,16H2,1-2H3. The summed E-state index contributed by atoms with van der Waals surface area (Å²) < 4.78 is 24.3. The van der Waals surface area contributed by atoms with Crippen LogP contribution in [0.25, 0.3) is 0 Å². The molecule has 1 atom stereocenters. The highest BCUT2D eigenvalue weighted by atomic mass is 19.1. The van der Waals surface area contributed by atoms with Gasteiger partial charge in [-0.2, -0.15) is 0 Å². The molecular weight excluding hydrogens is 233 g/mol. The summed E-state index contributed by atoms with van der Waals surface area (Å²) in [5, 5.41) is 0. The Hall–Kier alpha value is -1.81. The van der Waals surface area contributed by atoms with Crippen molar-refractivity contribution >= 4 is 0 Å². The summed E-state index contributed by atoms with van der Waals surface area (Å²) in [6, 6.07) is 8.09. The zero-order chi connectivity index (χ0) is 13.1. The fourth-order valence-corrected chi connectivity index (χ4v) is 1.75. The number of nitrogens with two attached hydrogens (primary N) is 1. The third kappa shape index (κ3) is 2.71. The van der Waals surface area contributed by atoms with E-state index in [9.17, 15) is 4.39 Å². The van der Waals surface area contributed by atoms with Crippen LogP contribution in [-0.4, -0.2) is 6.54 Å². The third-order valence-electron chi connectivity index (χ3n) is 2.70. The number of hydrogen-bond acceptors (Lipinski definition) is 3. The topological polar surface area (TPSA) is 48.4 Å². The fraction of sp³-hybridized carbons (Fsp3) is 0.286. The third-order valence-corrected chi connectivity index (χ3v) is 2.70. The minimum absolute atomic E-state index is 0.280. The maximum absolute atomic E-state index is 13.0. The van der Waals surface area contributed by atoms with Crippen LogP contribution in [-0.2, 0) is 0 Å². The van der Waals surface area contributed by atoms with Gasteiger partial charge in [-0.25, -0.2) is 4.39 Å². The SMILES string of the molecule is Cc1ccc(C(CN)Oc2ccc(F)cc2C)o1. The second-order valence-corrected chi connectivity index (χ2v) is 4.20. The van der Waals surface area contributed by atoms with Crippen LogP contribution in [0, 0.1) is 19.7 Å². The van der Waals surface area contributed by atoms with Crippen molar-refractivity contribution in [3.8, 4) is 5.75 Å². The van der Waals surface area contributed by atoms with Crippen LogP contribution in [0.2, 0.25) is 0 Å². The zero-order valence-corrected chi connectivity index (χ0v) is 10.4. The molecular formula is C14H16FNO2. The Kier molecular flexibility index (Phi) is 3.67. The molecule has 2 N–H and O–H groups in total. The molecule has 1 aromatic carbocycles. The van der Waals surface area contributed by atoms with E-state index >= 15 is 0 Å². The van der Waals surface area contributed by atoms with Gasteiger partial charge >= 0.3 is 0 Å². The molecule has 4 heteroatoms. The highest BCUT2D eigenvalue weighted by Crippen LogP contribution is 2.26. The first-order valence-corrected chi connectivity index (χ1v) is 5.79. The highest BCUT2D eigenvalue weighted by Gasteiger charge is 2.16. The van der Waals surface area contributed by atoms with E-state index in [1.165, 1.54) is 12.1 Å². The average Bonchev–Trinajstić information content (AvgIpc) is 2.75. The van der Waals surface area contributed by atoms with E-state index in [2.05, 4.69) is 0 Å². The summed E-state index contributed by atoms with van der Waals surface area (Å²) in [6.07, 6.45) is -0.358. The predicted molar refractivity (Wildman–Crippen MR) is 67.0 cm³/mol. The molecule has 0 spiro atoms. The van der Waals surface area contributed by atoms with Crippen LogP contribution in [0.1, 0.15) is 23.2 Å². The van der Waals surface area contributed by atoms with Crippen molar-refractivity contribution in [2.75, 3.05) is 6.54 Å². The molecule has 18 heavy (non-hydrogen) atoms. The summed E-state index contributed by atoms with van der Waals surface area (Å²) in [5.74, 6) is 1.82. The predicted octanol–water partition coefficient (Wildman–Crippen LogP) is 3.11. The lowest BCUT2D eigenvalue weighted by Crippen LogP contribution is -2.18. The van der Waals surface area contributed by atoms with Crippen molar-refractivity contribution in [3.63, 3.8) is 0 Å². The van der Waals surface area contributed by atoms with Crippen molar-refractivity contribution in [2.24, 2.45) is 5.73 Å². The number of benzene rings is 1. The summed E-state index contributed by atoms with van der Waals surface area (Å²) in [5.41, 5.74) is 6.42. The van der Waals surface area contributed by atoms with Crippen molar-refractivity contribution in [1.82, 2.24) is 0 Å². The molecule has 0 saturated carbocycles. The maximum atomic E-state index is 13.0. The van der Waals surface area contributed by atoms with E-state index in [0.717, 1.165) is 11.3 Å². The van der Waals surface area contributed by atoms with Gasteiger partial charge in [-0.15, -0.1) is 0 Å². The molecule has 0 aliphatic rings. The second kappa shape index (κ2) is 5.23. The van der Waals surface area contributed by atoms with Crippen LogP contribution in [0.3, 0.4) is 0 Å². The van der Waals surface area contributed by atoms with Crippen molar-refractivity contribution in [2.45, 2.75) is 20.0 Å². The number of aryl methyl sites for hydroxylation is 2. The van der Waals surface area contributed by atoms with E-state index in [1.807, 2.05) is 19.1 Å². The van der Waals surface area contributed by atoms with Gasteiger partial charge in [-0.1, -0.05) is 0 Å². The molecule has 96 valence electrons. The summed E-state index contributed by atoms with van der Waals surface area (Å²) >= 11 is 0. The highest BCUT2D eigenvalue weighted by molar-refractivity contribution is 5.33. The Morgan fingerprint density at radius 1 is 1.28 bits per heavy atom. The van der Waals surface area contributed by atoms with Gasteiger partial charge in [0.1, 0.15) is 23.1 Å². The molecule has 1 unspecified atom stereocenters. The first-order chi connectivity index (χ1) is 8.60. The van der Waals surface area contributed by atoms with E-state index in [4.69, 9.17) is 14.9 Å². The monoisotopic (exact) mass is 249 g/mol. The molecule has 3 nitrogen and oxygen atoms in total. The molecule has 0 aliphatic carbocycles. The largest absolute Gasteiger partial charge is 0.481 e. The maximum Gasteiger partial charge on any atom is 0.168 e. The van der Waals surface area contributed by atoms with Crippen LogP contribution in [0.4, 0.5) is 4.39 Å². The van der Waals surface area contributed by atoms with Gasteiger partial charge in [0.2, 0.25) is 0 Å². The van der Waals surface area contributed by atoms with Crippen LogP contribution < -0.4 is 10.5 Å². The van der Waals surface area contributed by atoms with Gasteiger partial charge in [-0.05, 0) is 49.7 Å². The fourth-order valence-electron chi connectivity index (χ4n) is 1.75. The molecule has 2 rings (SSSR count). The number of rotatable bonds is 4. The molecule has 0 amide bonds. The van der Waals surface area contributed by atoms with Gasteiger partial charge in [0, 0.05) is 6.54 Å². The molecule has 2 aromatic rings. The molecule has 0 aliphatic heterocycles. The zero-order valence-electron chi connectivity index (χ0n) is 10.4. The molecule has 0 radical (unpaired) electrons. The number of halogens is 1. The first-order valence-electron chi connectivity index (χ1n) is 5.79. The van der Waals surface area contributed by atoms with Crippen molar-refractivity contribution < 1.29 is 13.5 Å². The van der Waals surface area contributed by atoms with Gasteiger partial charge in [0.05, 0.1) is 0 Å². The summed E-state index contributed by atoms with van der Waals surface area (Å²) in [6.45, 7) is 3.95.